The Morgan fingerprint density at radius 1 is 1.14 bits per heavy atom. The molecule has 2 N–H and O–H groups in total. The number of rotatable bonds is 7. The summed E-state index contributed by atoms with van der Waals surface area (Å²) in [5.74, 6) is 0.470. The topological polar surface area (TPSA) is 85.3 Å². The van der Waals surface area contributed by atoms with Crippen molar-refractivity contribution in [1.82, 2.24) is 14.9 Å². The van der Waals surface area contributed by atoms with Gasteiger partial charge in [-0.25, -0.2) is 4.98 Å². The van der Waals surface area contributed by atoms with E-state index in [1.165, 1.54) is 5.56 Å². The predicted octanol–water partition coefficient (Wildman–Crippen LogP) is 2.51. The Hall–Kier alpha value is -3.61. The van der Waals surface area contributed by atoms with E-state index in [0.717, 1.165) is 23.4 Å². The van der Waals surface area contributed by atoms with Crippen molar-refractivity contribution < 1.29 is 14.3 Å². The van der Waals surface area contributed by atoms with Gasteiger partial charge in [0.1, 0.15) is 5.75 Å². The van der Waals surface area contributed by atoms with Crippen LogP contribution in [0.5, 0.6) is 5.75 Å². The second kappa shape index (κ2) is 8.60. The lowest BCUT2D eigenvalue weighted by Crippen LogP contribution is -2.28. The van der Waals surface area contributed by atoms with Gasteiger partial charge >= 0.3 is 0 Å². The van der Waals surface area contributed by atoms with Crippen molar-refractivity contribution in [2.45, 2.75) is 25.9 Å². The Morgan fingerprint density at radius 2 is 1.97 bits per heavy atom. The molecule has 0 atom stereocenters. The number of carbonyl (C=O) groups is 2. The second-order valence-corrected chi connectivity index (χ2v) is 6.98. The Morgan fingerprint density at radius 3 is 2.76 bits per heavy atom. The number of aromatic nitrogens is 2. The molecule has 0 spiro atoms. The number of nitrogens with zero attached hydrogens (tertiary/aromatic N) is 2. The van der Waals surface area contributed by atoms with Crippen LogP contribution in [0.3, 0.4) is 0 Å². The number of benzene rings is 2. The highest BCUT2D eigenvalue weighted by atomic mass is 16.5. The first kappa shape index (κ1) is 18.7. The molecular formula is C22H22N4O3. The molecule has 1 aliphatic rings. The highest BCUT2D eigenvalue weighted by Gasteiger charge is 2.15. The number of hydrogen-bond acceptors (Lipinski definition) is 4. The first-order chi connectivity index (χ1) is 14.2. The third-order valence-electron chi connectivity index (χ3n) is 4.78. The van der Waals surface area contributed by atoms with Crippen LogP contribution in [0.2, 0.25) is 0 Å². The van der Waals surface area contributed by atoms with Gasteiger partial charge in [0.05, 0.1) is 6.33 Å². The molecular weight excluding hydrogens is 368 g/mol. The van der Waals surface area contributed by atoms with Gasteiger partial charge in [-0.2, -0.15) is 0 Å². The van der Waals surface area contributed by atoms with Crippen LogP contribution in [-0.4, -0.2) is 28.0 Å². The van der Waals surface area contributed by atoms with E-state index in [-0.39, 0.29) is 18.4 Å². The summed E-state index contributed by atoms with van der Waals surface area (Å²) >= 11 is 0. The maximum absolute atomic E-state index is 12.1. The minimum atomic E-state index is -0.182. The van der Waals surface area contributed by atoms with Gasteiger partial charge in [0, 0.05) is 37.6 Å². The van der Waals surface area contributed by atoms with E-state index in [2.05, 4.69) is 15.6 Å². The molecule has 2 amide bonds. The number of carbonyl (C=O) groups excluding carboxylic acids is 2. The van der Waals surface area contributed by atoms with Gasteiger partial charge < -0.3 is 19.9 Å². The van der Waals surface area contributed by atoms with Crippen molar-refractivity contribution in [2.75, 3.05) is 11.9 Å². The predicted molar refractivity (Wildman–Crippen MR) is 109 cm³/mol. The molecule has 7 heteroatoms. The second-order valence-electron chi connectivity index (χ2n) is 6.98. The summed E-state index contributed by atoms with van der Waals surface area (Å²) < 4.78 is 7.60. The maximum Gasteiger partial charge on any atom is 0.258 e. The monoisotopic (exact) mass is 390 g/mol. The zero-order chi connectivity index (χ0) is 20.1. The van der Waals surface area contributed by atoms with Crippen LogP contribution in [0.15, 0.2) is 61.2 Å². The lowest BCUT2D eigenvalue weighted by atomic mass is 10.0. The van der Waals surface area contributed by atoms with Crippen LogP contribution in [0.1, 0.15) is 23.1 Å². The molecule has 0 radical (unpaired) electrons. The van der Waals surface area contributed by atoms with Gasteiger partial charge in [-0.3, -0.25) is 9.59 Å². The summed E-state index contributed by atoms with van der Waals surface area (Å²) in [4.78, 5) is 27.5. The molecule has 0 unspecified atom stereocenters. The van der Waals surface area contributed by atoms with Gasteiger partial charge in [0.2, 0.25) is 5.91 Å². The summed E-state index contributed by atoms with van der Waals surface area (Å²) in [6, 6.07) is 13.5. The molecule has 0 bridgehead atoms. The molecule has 0 saturated heterocycles. The molecule has 3 aromatic rings. The molecule has 7 nitrogen and oxygen atoms in total. The molecule has 0 fully saturated rings. The molecule has 1 aliphatic heterocycles. The minimum Gasteiger partial charge on any atom is -0.484 e. The SMILES string of the molecule is O=C(COc1ccc2c(c1)CCC(=O)N2)NCc1ccc(Cn2ccnc2)cc1. The standard InChI is InChI=1S/C22H22N4O3/c27-21-8-5-18-11-19(6-7-20(18)25-21)29-14-22(28)24-12-16-1-3-17(4-2-16)13-26-10-9-23-15-26/h1-4,6-7,9-11,15H,5,8,12-14H2,(H,24,28)(H,25,27). The average molecular weight is 390 g/mol. The van der Waals surface area contributed by atoms with Gasteiger partial charge in [0.15, 0.2) is 6.61 Å². The third kappa shape index (κ3) is 5.01. The number of nitrogens with one attached hydrogen (secondary N) is 2. The Kier molecular flexibility index (Phi) is 5.56. The highest BCUT2D eigenvalue weighted by Crippen LogP contribution is 2.26. The van der Waals surface area contributed by atoms with Crippen molar-refractivity contribution in [1.29, 1.82) is 0 Å². The number of ether oxygens (including phenoxy) is 1. The summed E-state index contributed by atoms with van der Waals surface area (Å²) in [7, 11) is 0. The van der Waals surface area contributed by atoms with Crippen molar-refractivity contribution in [3.63, 3.8) is 0 Å². The Balaban J connectivity index is 1.23. The van der Waals surface area contributed by atoms with Crippen LogP contribution in [-0.2, 0) is 29.1 Å². The molecule has 0 aliphatic carbocycles. The normalized spacial score (nSPS) is 12.8. The lowest BCUT2D eigenvalue weighted by Gasteiger charge is -2.17. The molecule has 2 heterocycles. The van der Waals surface area contributed by atoms with Crippen molar-refractivity contribution >= 4 is 17.5 Å². The van der Waals surface area contributed by atoms with E-state index in [1.54, 1.807) is 18.6 Å². The molecule has 148 valence electrons. The van der Waals surface area contributed by atoms with Crippen LogP contribution < -0.4 is 15.4 Å². The van der Waals surface area contributed by atoms with E-state index in [9.17, 15) is 9.59 Å². The fourth-order valence-corrected chi connectivity index (χ4v) is 3.20. The van der Waals surface area contributed by atoms with Gasteiger partial charge in [-0.15, -0.1) is 0 Å². The Labute approximate surface area is 168 Å². The molecule has 29 heavy (non-hydrogen) atoms. The fourth-order valence-electron chi connectivity index (χ4n) is 3.20. The molecule has 4 rings (SSSR count). The van der Waals surface area contributed by atoms with Gasteiger partial charge in [-0.05, 0) is 41.3 Å². The van der Waals surface area contributed by atoms with E-state index in [1.807, 2.05) is 47.2 Å². The van der Waals surface area contributed by atoms with Crippen LogP contribution in [0.25, 0.3) is 0 Å². The third-order valence-corrected chi connectivity index (χ3v) is 4.78. The number of fused-ring (bicyclic) bond motifs is 1. The number of anilines is 1. The van der Waals surface area contributed by atoms with Crippen LogP contribution in [0, 0.1) is 0 Å². The van der Waals surface area contributed by atoms with Crippen molar-refractivity contribution in [2.24, 2.45) is 0 Å². The van der Waals surface area contributed by atoms with E-state index >= 15 is 0 Å². The van der Waals surface area contributed by atoms with Crippen LogP contribution >= 0.6 is 0 Å². The van der Waals surface area contributed by atoms with Crippen molar-refractivity contribution in [3.8, 4) is 5.75 Å². The fraction of sp³-hybridized carbons (Fsp3) is 0.227. The zero-order valence-corrected chi connectivity index (χ0v) is 15.9. The maximum atomic E-state index is 12.1. The van der Waals surface area contributed by atoms with Crippen LogP contribution in [0.4, 0.5) is 5.69 Å². The van der Waals surface area contributed by atoms with Crippen molar-refractivity contribution in [3.05, 3.63) is 77.9 Å². The average Bonchev–Trinajstić information content (AvgIpc) is 3.25. The number of aryl methyl sites for hydroxylation is 1. The van der Waals surface area contributed by atoms with Gasteiger partial charge in [-0.1, -0.05) is 24.3 Å². The first-order valence-corrected chi connectivity index (χ1v) is 9.51. The Bertz CT molecular complexity index is 997. The van der Waals surface area contributed by atoms with E-state index in [4.69, 9.17) is 4.74 Å². The summed E-state index contributed by atoms with van der Waals surface area (Å²) in [5, 5.41) is 5.69. The summed E-state index contributed by atoms with van der Waals surface area (Å²) in [6.07, 6.45) is 6.62. The van der Waals surface area contributed by atoms with E-state index < -0.39 is 0 Å². The minimum absolute atomic E-state index is 0.0281. The quantitative estimate of drug-likeness (QED) is 0.649. The molecule has 2 aromatic carbocycles. The largest absolute Gasteiger partial charge is 0.484 e. The number of imidazole rings is 1. The lowest BCUT2D eigenvalue weighted by molar-refractivity contribution is -0.123. The zero-order valence-electron chi connectivity index (χ0n) is 15.9. The molecule has 1 aromatic heterocycles. The van der Waals surface area contributed by atoms with E-state index in [0.29, 0.717) is 25.1 Å². The summed E-state index contributed by atoms with van der Waals surface area (Å²) in [6.45, 7) is 1.17. The van der Waals surface area contributed by atoms with Gasteiger partial charge in [0.25, 0.3) is 5.91 Å². The molecule has 0 saturated carbocycles. The smallest absolute Gasteiger partial charge is 0.258 e. The summed E-state index contributed by atoms with van der Waals surface area (Å²) in [5.41, 5.74) is 4.04. The number of amides is 2. The highest BCUT2D eigenvalue weighted by molar-refractivity contribution is 5.94. The first-order valence-electron chi connectivity index (χ1n) is 9.51. The number of hydrogen-bond donors (Lipinski definition) is 2.